The van der Waals surface area contributed by atoms with Crippen LogP contribution in [-0.4, -0.2) is 26.4 Å². The molecule has 156 valence electrons. The first-order chi connectivity index (χ1) is 15.0. The SMILES string of the molecule is Cc1cccc(NC(=O)CSc2nnc(-c3ccc(C)c(Cl)c3)n2-c2ccccc2)c1. The molecule has 4 rings (SSSR count). The number of nitrogens with zero attached hydrogens (tertiary/aromatic N) is 3. The number of benzene rings is 3. The lowest BCUT2D eigenvalue weighted by molar-refractivity contribution is -0.113. The summed E-state index contributed by atoms with van der Waals surface area (Å²) in [6.07, 6.45) is 0. The van der Waals surface area contributed by atoms with E-state index < -0.39 is 0 Å². The molecule has 0 atom stereocenters. The van der Waals surface area contributed by atoms with Crippen LogP contribution < -0.4 is 5.32 Å². The summed E-state index contributed by atoms with van der Waals surface area (Å²) >= 11 is 7.68. The van der Waals surface area contributed by atoms with Gasteiger partial charge >= 0.3 is 0 Å². The van der Waals surface area contributed by atoms with Crippen LogP contribution in [0, 0.1) is 13.8 Å². The minimum absolute atomic E-state index is 0.0989. The number of amides is 1. The van der Waals surface area contributed by atoms with Crippen LogP contribution in [0.1, 0.15) is 11.1 Å². The van der Waals surface area contributed by atoms with Gasteiger partial charge in [0.25, 0.3) is 0 Å². The van der Waals surface area contributed by atoms with Crippen LogP contribution in [0.25, 0.3) is 17.1 Å². The number of hydrogen-bond donors (Lipinski definition) is 1. The Morgan fingerprint density at radius 1 is 1.00 bits per heavy atom. The summed E-state index contributed by atoms with van der Waals surface area (Å²) in [5.74, 6) is 0.793. The second-order valence-corrected chi connectivity index (χ2v) is 8.50. The largest absolute Gasteiger partial charge is 0.325 e. The van der Waals surface area contributed by atoms with Crippen molar-refractivity contribution >= 4 is 35.0 Å². The molecular formula is C24H21ClN4OS. The monoisotopic (exact) mass is 448 g/mol. The topological polar surface area (TPSA) is 59.8 Å². The summed E-state index contributed by atoms with van der Waals surface area (Å²) in [5.41, 5.74) is 4.66. The normalized spacial score (nSPS) is 10.8. The van der Waals surface area contributed by atoms with Crippen molar-refractivity contribution in [3.05, 3.63) is 88.9 Å². The molecule has 1 N–H and O–H groups in total. The quantitative estimate of drug-likeness (QED) is 0.371. The van der Waals surface area contributed by atoms with Gasteiger partial charge in [0.1, 0.15) is 0 Å². The summed E-state index contributed by atoms with van der Waals surface area (Å²) < 4.78 is 1.95. The van der Waals surface area contributed by atoms with Gasteiger partial charge in [0.05, 0.1) is 5.75 Å². The van der Waals surface area contributed by atoms with Gasteiger partial charge in [-0.05, 0) is 55.3 Å². The molecule has 1 amide bonds. The van der Waals surface area contributed by atoms with Crippen LogP contribution in [0.3, 0.4) is 0 Å². The lowest BCUT2D eigenvalue weighted by atomic mass is 10.1. The van der Waals surface area contributed by atoms with Crippen molar-refractivity contribution in [1.82, 2.24) is 14.8 Å². The Kier molecular flexibility index (Phi) is 6.39. The number of hydrogen-bond acceptors (Lipinski definition) is 4. The standard InChI is InChI=1S/C24H21ClN4OS/c1-16-7-6-8-19(13-16)26-22(30)15-31-24-28-27-23(18-12-11-17(2)21(25)14-18)29(24)20-9-4-3-5-10-20/h3-14H,15H2,1-2H3,(H,26,30). The molecule has 0 fully saturated rings. The van der Waals surface area contributed by atoms with Crippen molar-refractivity contribution in [2.75, 3.05) is 11.1 Å². The molecule has 0 aliphatic carbocycles. The molecule has 0 spiro atoms. The summed E-state index contributed by atoms with van der Waals surface area (Å²) in [6.45, 7) is 3.95. The van der Waals surface area contributed by atoms with Gasteiger partial charge < -0.3 is 5.32 Å². The van der Waals surface area contributed by atoms with E-state index in [-0.39, 0.29) is 11.7 Å². The maximum Gasteiger partial charge on any atom is 0.234 e. The Morgan fingerprint density at radius 2 is 1.81 bits per heavy atom. The lowest BCUT2D eigenvalue weighted by Crippen LogP contribution is -2.14. The van der Waals surface area contributed by atoms with E-state index in [0.29, 0.717) is 16.0 Å². The first kappa shape index (κ1) is 21.2. The average molecular weight is 449 g/mol. The predicted molar refractivity (Wildman–Crippen MR) is 127 cm³/mol. The number of rotatable bonds is 6. The van der Waals surface area contributed by atoms with Gasteiger partial charge in [-0.25, -0.2) is 0 Å². The van der Waals surface area contributed by atoms with Gasteiger partial charge in [-0.2, -0.15) is 0 Å². The van der Waals surface area contributed by atoms with E-state index in [2.05, 4.69) is 15.5 Å². The number of aromatic nitrogens is 3. The Balaban J connectivity index is 1.61. The van der Waals surface area contributed by atoms with E-state index in [0.717, 1.165) is 28.1 Å². The third kappa shape index (κ3) is 4.98. The first-order valence-electron chi connectivity index (χ1n) is 9.78. The predicted octanol–water partition coefficient (Wildman–Crippen LogP) is 5.94. The van der Waals surface area contributed by atoms with E-state index >= 15 is 0 Å². The Morgan fingerprint density at radius 3 is 2.55 bits per heavy atom. The highest BCUT2D eigenvalue weighted by Gasteiger charge is 2.18. The molecule has 0 saturated carbocycles. The number of aryl methyl sites for hydroxylation is 2. The van der Waals surface area contributed by atoms with Gasteiger partial charge in [-0.15, -0.1) is 10.2 Å². The highest BCUT2D eigenvalue weighted by molar-refractivity contribution is 7.99. The van der Waals surface area contributed by atoms with Crippen LogP contribution in [0.4, 0.5) is 5.69 Å². The molecule has 0 radical (unpaired) electrons. The van der Waals surface area contributed by atoms with Gasteiger partial charge in [-0.3, -0.25) is 9.36 Å². The zero-order chi connectivity index (χ0) is 21.8. The molecule has 0 aliphatic rings. The van der Waals surface area contributed by atoms with Gasteiger partial charge in [0, 0.05) is 22.0 Å². The van der Waals surface area contributed by atoms with E-state index in [1.54, 1.807) is 0 Å². The molecule has 1 heterocycles. The second kappa shape index (κ2) is 9.37. The number of anilines is 1. The summed E-state index contributed by atoms with van der Waals surface area (Å²) in [6, 6.07) is 23.4. The Hall–Kier alpha value is -3.09. The first-order valence-corrected chi connectivity index (χ1v) is 11.1. The van der Waals surface area contributed by atoms with Crippen molar-refractivity contribution in [2.45, 2.75) is 19.0 Å². The Bertz CT molecular complexity index is 1220. The van der Waals surface area contributed by atoms with Gasteiger partial charge in [-0.1, -0.05) is 65.8 Å². The van der Waals surface area contributed by atoms with Crippen molar-refractivity contribution < 1.29 is 4.79 Å². The molecule has 7 heteroatoms. The molecule has 3 aromatic carbocycles. The number of carbonyl (C=O) groups excluding carboxylic acids is 1. The number of thioether (sulfide) groups is 1. The number of para-hydroxylation sites is 1. The summed E-state index contributed by atoms with van der Waals surface area (Å²) in [7, 11) is 0. The maximum atomic E-state index is 12.5. The molecule has 0 aliphatic heterocycles. The van der Waals surface area contributed by atoms with Crippen LogP contribution in [0.15, 0.2) is 78.0 Å². The van der Waals surface area contributed by atoms with E-state index in [4.69, 9.17) is 11.6 Å². The fraction of sp³-hybridized carbons (Fsp3) is 0.125. The van der Waals surface area contributed by atoms with Crippen molar-refractivity contribution in [3.63, 3.8) is 0 Å². The third-order valence-electron chi connectivity index (χ3n) is 4.71. The van der Waals surface area contributed by atoms with Crippen LogP contribution in [-0.2, 0) is 4.79 Å². The van der Waals surface area contributed by atoms with E-state index in [1.807, 2.05) is 91.2 Å². The fourth-order valence-corrected chi connectivity index (χ4v) is 4.07. The van der Waals surface area contributed by atoms with Crippen molar-refractivity contribution in [3.8, 4) is 17.1 Å². The van der Waals surface area contributed by atoms with Gasteiger partial charge in [0.2, 0.25) is 5.91 Å². The molecule has 4 aromatic rings. The molecule has 5 nitrogen and oxygen atoms in total. The lowest BCUT2D eigenvalue weighted by Gasteiger charge is -2.11. The smallest absolute Gasteiger partial charge is 0.234 e. The third-order valence-corrected chi connectivity index (χ3v) is 6.05. The van der Waals surface area contributed by atoms with Crippen molar-refractivity contribution in [1.29, 1.82) is 0 Å². The van der Waals surface area contributed by atoms with E-state index in [1.165, 1.54) is 11.8 Å². The van der Waals surface area contributed by atoms with Crippen molar-refractivity contribution in [2.24, 2.45) is 0 Å². The van der Waals surface area contributed by atoms with Crippen LogP contribution >= 0.6 is 23.4 Å². The molecule has 31 heavy (non-hydrogen) atoms. The Labute approximate surface area is 190 Å². The minimum Gasteiger partial charge on any atom is -0.325 e. The molecular weight excluding hydrogens is 428 g/mol. The molecule has 0 bridgehead atoms. The highest BCUT2D eigenvalue weighted by Crippen LogP contribution is 2.30. The highest BCUT2D eigenvalue weighted by atomic mass is 35.5. The number of carbonyl (C=O) groups is 1. The van der Waals surface area contributed by atoms with Gasteiger partial charge in [0.15, 0.2) is 11.0 Å². The fourth-order valence-electron chi connectivity index (χ4n) is 3.14. The molecule has 0 saturated heterocycles. The van der Waals surface area contributed by atoms with Crippen LogP contribution in [0.5, 0.6) is 0 Å². The molecule has 0 unspecified atom stereocenters. The number of nitrogens with one attached hydrogen (secondary N) is 1. The zero-order valence-electron chi connectivity index (χ0n) is 17.2. The van der Waals surface area contributed by atoms with Crippen LogP contribution in [0.2, 0.25) is 5.02 Å². The summed E-state index contributed by atoms with van der Waals surface area (Å²) in [4.78, 5) is 12.5. The minimum atomic E-state index is -0.0989. The average Bonchev–Trinajstić information content (AvgIpc) is 3.19. The summed E-state index contributed by atoms with van der Waals surface area (Å²) in [5, 5.41) is 13.0. The second-order valence-electron chi connectivity index (χ2n) is 7.15. The molecule has 1 aromatic heterocycles. The maximum absolute atomic E-state index is 12.5. The van der Waals surface area contributed by atoms with E-state index in [9.17, 15) is 4.79 Å². The zero-order valence-corrected chi connectivity index (χ0v) is 18.7. The number of halogens is 1.